The van der Waals surface area contributed by atoms with Gasteiger partial charge in [-0.25, -0.2) is 0 Å². The van der Waals surface area contributed by atoms with E-state index in [-0.39, 0.29) is 18.1 Å². The molecule has 0 saturated carbocycles. The molecule has 0 aromatic carbocycles. The molecule has 0 bridgehead atoms. The van der Waals surface area contributed by atoms with Gasteiger partial charge in [-0.3, -0.25) is 4.79 Å². The number of amides is 1. The van der Waals surface area contributed by atoms with Gasteiger partial charge >= 0.3 is 0 Å². The lowest BCUT2D eigenvalue weighted by Crippen LogP contribution is -2.46. The zero-order valence-corrected chi connectivity index (χ0v) is 10.8. The van der Waals surface area contributed by atoms with Crippen LogP contribution in [0.2, 0.25) is 0 Å². The molecular formula is C13H24N2O2. The summed E-state index contributed by atoms with van der Waals surface area (Å²) in [5, 5.41) is 3.36. The van der Waals surface area contributed by atoms with Gasteiger partial charge in [-0.2, -0.15) is 0 Å². The average Bonchev–Trinajstić information content (AvgIpc) is 2.68. The molecule has 17 heavy (non-hydrogen) atoms. The fourth-order valence-corrected chi connectivity index (χ4v) is 2.69. The first-order valence-electron chi connectivity index (χ1n) is 6.87. The van der Waals surface area contributed by atoms with Crippen LogP contribution < -0.4 is 5.32 Å². The lowest BCUT2D eigenvalue weighted by molar-refractivity contribution is -0.133. The highest BCUT2D eigenvalue weighted by Crippen LogP contribution is 2.15. The van der Waals surface area contributed by atoms with Gasteiger partial charge < -0.3 is 15.0 Å². The molecule has 1 N–H and O–H groups in total. The molecule has 0 spiro atoms. The van der Waals surface area contributed by atoms with E-state index < -0.39 is 0 Å². The quantitative estimate of drug-likeness (QED) is 0.805. The molecule has 1 amide bonds. The SMILES string of the molecule is CN(CC1CCCO1)C(=O)C1CCCCCN1. The summed E-state index contributed by atoms with van der Waals surface area (Å²) in [5.41, 5.74) is 0. The molecule has 2 unspecified atom stereocenters. The minimum absolute atomic E-state index is 0.0314. The maximum absolute atomic E-state index is 12.2. The third-order valence-electron chi connectivity index (χ3n) is 3.74. The maximum atomic E-state index is 12.2. The molecule has 2 aliphatic heterocycles. The highest BCUT2D eigenvalue weighted by atomic mass is 16.5. The van der Waals surface area contributed by atoms with Gasteiger partial charge in [0.1, 0.15) is 0 Å². The van der Waals surface area contributed by atoms with Crippen molar-refractivity contribution in [1.82, 2.24) is 10.2 Å². The Bertz CT molecular complexity index is 244. The van der Waals surface area contributed by atoms with Crippen molar-refractivity contribution >= 4 is 5.91 Å². The number of ether oxygens (including phenoxy) is 1. The highest BCUT2D eigenvalue weighted by molar-refractivity contribution is 5.81. The number of hydrogen-bond donors (Lipinski definition) is 1. The second kappa shape index (κ2) is 6.36. The topological polar surface area (TPSA) is 41.6 Å². The van der Waals surface area contributed by atoms with Gasteiger partial charge in [0.05, 0.1) is 12.1 Å². The second-order valence-electron chi connectivity index (χ2n) is 5.21. The molecule has 4 heteroatoms. The van der Waals surface area contributed by atoms with Crippen molar-refractivity contribution in [2.45, 2.75) is 50.7 Å². The van der Waals surface area contributed by atoms with Crippen LogP contribution in [0, 0.1) is 0 Å². The summed E-state index contributed by atoms with van der Waals surface area (Å²) in [4.78, 5) is 14.1. The molecule has 2 heterocycles. The molecule has 2 rings (SSSR count). The van der Waals surface area contributed by atoms with Crippen molar-refractivity contribution in [2.75, 3.05) is 26.7 Å². The van der Waals surface area contributed by atoms with Crippen LogP contribution in [0.15, 0.2) is 0 Å². The van der Waals surface area contributed by atoms with Crippen molar-refractivity contribution in [1.29, 1.82) is 0 Å². The molecule has 2 aliphatic rings. The predicted molar refractivity (Wildman–Crippen MR) is 66.9 cm³/mol. The van der Waals surface area contributed by atoms with Crippen molar-refractivity contribution in [3.63, 3.8) is 0 Å². The van der Waals surface area contributed by atoms with Gasteiger partial charge in [0, 0.05) is 20.2 Å². The molecule has 0 aliphatic carbocycles. The third-order valence-corrected chi connectivity index (χ3v) is 3.74. The number of rotatable bonds is 3. The summed E-state index contributed by atoms with van der Waals surface area (Å²) in [7, 11) is 1.90. The van der Waals surface area contributed by atoms with Crippen LogP contribution in [0.4, 0.5) is 0 Å². The molecule has 2 atom stereocenters. The minimum atomic E-state index is 0.0314. The van der Waals surface area contributed by atoms with Crippen LogP contribution in [0.3, 0.4) is 0 Å². The first-order valence-corrected chi connectivity index (χ1v) is 6.87. The van der Waals surface area contributed by atoms with E-state index >= 15 is 0 Å². The van der Waals surface area contributed by atoms with E-state index in [1.54, 1.807) is 0 Å². The van der Waals surface area contributed by atoms with Crippen LogP contribution in [-0.2, 0) is 9.53 Å². The molecule has 4 nitrogen and oxygen atoms in total. The second-order valence-corrected chi connectivity index (χ2v) is 5.21. The average molecular weight is 240 g/mol. The first kappa shape index (κ1) is 12.8. The summed E-state index contributed by atoms with van der Waals surface area (Å²) >= 11 is 0. The Hall–Kier alpha value is -0.610. The van der Waals surface area contributed by atoms with E-state index in [9.17, 15) is 4.79 Å². The Labute approximate surface area is 104 Å². The van der Waals surface area contributed by atoms with Gasteiger partial charge in [-0.15, -0.1) is 0 Å². The molecule has 98 valence electrons. The van der Waals surface area contributed by atoms with E-state index in [4.69, 9.17) is 4.74 Å². The van der Waals surface area contributed by atoms with E-state index in [0.717, 1.165) is 45.4 Å². The number of hydrogen-bond acceptors (Lipinski definition) is 3. The third kappa shape index (κ3) is 3.68. The Kier molecular flexibility index (Phi) is 4.80. The highest BCUT2D eigenvalue weighted by Gasteiger charge is 2.25. The first-order chi connectivity index (χ1) is 8.27. The normalized spacial score (nSPS) is 29.9. The van der Waals surface area contributed by atoms with Crippen LogP contribution in [0.5, 0.6) is 0 Å². The molecule has 2 saturated heterocycles. The zero-order chi connectivity index (χ0) is 12.1. The van der Waals surface area contributed by atoms with Crippen LogP contribution in [0.25, 0.3) is 0 Å². The number of nitrogens with zero attached hydrogens (tertiary/aromatic N) is 1. The monoisotopic (exact) mass is 240 g/mol. The molecule has 0 aromatic rings. The number of carbonyl (C=O) groups is 1. The van der Waals surface area contributed by atoms with Gasteiger partial charge in [-0.05, 0) is 32.2 Å². The lowest BCUT2D eigenvalue weighted by atomic mass is 10.1. The fourth-order valence-electron chi connectivity index (χ4n) is 2.69. The van der Waals surface area contributed by atoms with E-state index in [0.29, 0.717) is 0 Å². The van der Waals surface area contributed by atoms with Crippen LogP contribution in [0.1, 0.15) is 38.5 Å². The van der Waals surface area contributed by atoms with Crippen molar-refractivity contribution in [2.24, 2.45) is 0 Å². The summed E-state index contributed by atoms with van der Waals surface area (Å²) in [6.07, 6.45) is 7.07. The van der Waals surface area contributed by atoms with Gasteiger partial charge in [0.2, 0.25) is 5.91 Å². The van der Waals surface area contributed by atoms with Crippen LogP contribution >= 0.6 is 0 Å². The Morgan fingerprint density at radius 3 is 2.94 bits per heavy atom. The molecule has 0 aromatic heterocycles. The zero-order valence-electron chi connectivity index (χ0n) is 10.8. The molecular weight excluding hydrogens is 216 g/mol. The number of nitrogens with one attached hydrogen (secondary N) is 1. The number of carbonyl (C=O) groups excluding carboxylic acids is 1. The van der Waals surface area contributed by atoms with Crippen LogP contribution in [-0.4, -0.2) is 49.7 Å². The smallest absolute Gasteiger partial charge is 0.239 e. The maximum Gasteiger partial charge on any atom is 0.239 e. The van der Waals surface area contributed by atoms with E-state index in [1.165, 1.54) is 12.8 Å². The summed E-state index contributed by atoms with van der Waals surface area (Å²) < 4.78 is 5.57. The van der Waals surface area contributed by atoms with Crippen molar-refractivity contribution in [3.05, 3.63) is 0 Å². The Morgan fingerprint density at radius 1 is 1.29 bits per heavy atom. The Morgan fingerprint density at radius 2 is 2.18 bits per heavy atom. The summed E-state index contributed by atoms with van der Waals surface area (Å²) in [6.45, 7) is 2.58. The van der Waals surface area contributed by atoms with Gasteiger partial charge in [0.15, 0.2) is 0 Å². The molecule has 0 radical (unpaired) electrons. The lowest BCUT2D eigenvalue weighted by Gasteiger charge is -2.25. The number of likely N-dealkylation sites (N-methyl/N-ethyl adjacent to an activating group) is 1. The standard InChI is InChI=1S/C13H24N2O2/c1-15(10-11-6-5-9-17-11)13(16)12-7-3-2-4-8-14-12/h11-12,14H,2-10H2,1H3. The van der Waals surface area contributed by atoms with Crippen molar-refractivity contribution in [3.8, 4) is 0 Å². The summed E-state index contributed by atoms with van der Waals surface area (Å²) in [6, 6.07) is 0.0314. The minimum Gasteiger partial charge on any atom is -0.376 e. The largest absolute Gasteiger partial charge is 0.376 e. The van der Waals surface area contributed by atoms with Gasteiger partial charge in [0.25, 0.3) is 0 Å². The van der Waals surface area contributed by atoms with Crippen molar-refractivity contribution < 1.29 is 9.53 Å². The van der Waals surface area contributed by atoms with E-state index in [2.05, 4.69) is 5.32 Å². The van der Waals surface area contributed by atoms with Gasteiger partial charge in [-0.1, -0.05) is 12.8 Å². The van der Waals surface area contributed by atoms with E-state index in [1.807, 2.05) is 11.9 Å². The summed E-state index contributed by atoms with van der Waals surface area (Å²) in [5.74, 6) is 0.238. The predicted octanol–water partition coefficient (Wildman–Crippen LogP) is 1.16. The fraction of sp³-hybridized carbons (Fsp3) is 0.923. The Balaban J connectivity index is 1.80. The molecule has 2 fully saturated rings.